The molecule has 2 heterocycles. The fraction of sp³-hybridized carbons (Fsp3) is 0.381. The quantitative estimate of drug-likeness (QED) is 0.387. The van der Waals surface area contributed by atoms with Crippen molar-refractivity contribution >= 4 is 17.7 Å². The van der Waals surface area contributed by atoms with Gasteiger partial charge in [0.05, 0.1) is 17.5 Å². The summed E-state index contributed by atoms with van der Waals surface area (Å²) in [4.78, 5) is 12.0. The molecule has 0 spiro atoms. The van der Waals surface area contributed by atoms with Gasteiger partial charge >= 0.3 is 6.18 Å². The van der Waals surface area contributed by atoms with Crippen LogP contribution < -0.4 is 5.32 Å². The molecular formula is C21H23F3N4O2S. The second-order valence-electron chi connectivity index (χ2n) is 7.92. The number of halogens is 3. The molecule has 166 valence electrons. The lowest BCUT2D eigenvalue weighted by Crippen LogP contribution is -2.40. The summed E-state index contributed by atoms with van der Waals surface area (Å²) in [5, 5.41) is 11.6. The molecule has 0 fully saturated rings. The highest BCUT2D eigenvalue weighted by atomic mass is 32.2. The molecule has 6 nitrogen and oxygen atoms in total. The number of alkyl halides is 3. The Bertz CT molecular complexity index is 1020. The topological polar surface area (TPSA) is 73.0 Å². The number of carbonyl (C=O) groups excluding carboxylic acids is 1. The van der Waals surface area contributed by atoms with Crippen LogP contribution in [0.4, 0.5) is 13.2 Å². The van der Waals surface area contributed by atoms with Crippen molar-refractivity contribution < 1.29 is 22.4 Å². The van der Waals surface area contributed by atoms with E-state index >= 15 is 0 Å². The summed E-state index contributed by atoms with van der Waals surface area (Å²) < 4.78 is 46.6. The Morgan fingerprint density at radius 1 is 1.16 bits per heavy atom. The van der Waals surface area contributed by atoms with Crippen molar-refractivity contribution in [3.8, 4) is 17.3 Å². The van der Waals surface area contributed by atoms with Crippen LogP contribution in [-0.2, 0) is 11.0 Å². The van der Waals surface area contributed by atoms with Crippen molar-refractivity contribution in [1.29, 1.82) is 0 Å². The van der Waals surface area contributed by atoms with E-state index in [-0.39, 0.29) is 17.1 Å². The molecule has 1 amide bonds. The monoisotopic (exact) mass is 452 g/mol. The number of nitrogens with one attached hydrogen (secondary N) is 1. The Balaban J connectivity index is 1.82. The van der Waals surface area contributed by atoms with Crippen molar-refractivity contribution in [2.45, 2.75) is 50.5 Å². The average molecular weight is 453 g/mol. The van der Waals surface area contributed by atoms with Gasteiger partial charge in [0.2, 0.25) is 11.7 Å². The maximum absolute atomic E-state index is 13.2. The molecule has 0 atom stereocenters. The maximum Gasteiger partial charge on any atom is 0.416 e. The molecule has 0 radical (unpaired) electrons. The van der Waals surface area contributed by atoms with Crippen molar-refractivity contribution in [3.05, 3.63) is 48.2 Å². The highest BCUT2D eigenvalue weighted by molar-refractivity contribution is 7.99. The molecule has 10 heteroatoms. The molecule has 2 aromatic heterocycles. The lowest BCUT2D eigenvalue weighted by molar-refractivity contribution is -0.137. The molecule has 1 N–H and O–H groups in total. The van der Waals surface area contributed by atoms with Crippen molar-refractivity contribution in [2.75, 3.05) is 5.75 Å². The minimum Gasteiger partial charge on any atom is -0.461 e. The first-order chi connectivity index (χ1) is 14.5. The van der Waals surface area contributed by atoms with Crippen molar-refractivity contribution in [3.63, 3.8) is 0 Å². The zero-order valence-electron chi connectivity index (χ0n) is 17.4. The number of hydrogen-bond acceptors (Lipinski definition) is 5. The normalized spacial score (nSPS) is 12.2. The number of furan rings is 1. The van der Waals surface area contributed by atoms with Crippen molar-refractivity contribution in [1.82, 2.24) is 20.1 Å². The fourth-order valence-corrected chi connectivity index (χ4v) is 3.75. The Hall–Kier alpha value is -2.75. The highest BCUT2D eigenvalue weighted by Crippen LogP contribution is 2.33. The third kappa shape index (κ3) is 6.13. The molecule has 0 bridgehead atoms. The Morgan fingerprint density at radius 3 is 2.58 bits per heavy atom. The lowest BCUT2D eigenvalue weighted by Gasteiger charge is -2.20. The van der Waals surface area contributed by atoms with E-state index in [1.807, 2.05) is 20.8 Å². The van der Waals surface area contributed by atoms with Crippen LogP contribution in [0, 0.1) is 0 Å². The second-order valence-corrected chi connectivity index (χ2v) is 8.98. The summed E-state index contributed by atoms with van der Waals surface area (Å²) in [5.41, 5.74) is -0.788. The highest BCUT2D eigenvalue weighted by Gasteiger charge is 2.31. The molecule has 0 aliphatic carbocycles. The molecule has 1 aromatic carbocycles. The fourth-order valence-electron chi connectivity index (χ4n) is 2.86. The van der Waals surface area contributed by atoms with E-state index in [1.54, 1.807) is 18.2 Å². The van der Waals surface area contributed by atoms with Crippen LogP contribution in [0.2, 0.25) is 0 Å². The first-order valence-corrected chi connectivity index (χ1v) is 10.6. The Labute approximate surface area is 182 Å². The number of nitrogens with zero attached hydrogens (tertiary/aromatic N) is 3. The zero-order chi connectivity index (χ0) is 22.6. The van der Waals surface area contributed by atoms with Gasteiger partial charge in [-0.2, -0.15) is 13.2 Å². The van der Waals surface area contributed by atoms with E-state index in [4.69, 9.17) is 4.42 Å². The van der Waals surface area contributed by atoms with Crippen molar-refractivity contribution in [2.24, 2.45) is 0 Å². The van der Waals surface area contributed by atoms with Gasteiger partial charge in [-0.25, -0.2) is 0 Å². The number of benzene rings is 1. The molecule has 3 aromatic rings. The molecule has 31 heavy (non-hydrogen) atoms. The van der Waals surface area contributed by atoms with Crippen LogP contribution in [0.1, 0.15) is 39.2 Å². The second kappa shape index (κ2) is 9.17. The maximum atomic E-state index is 13.2. The first kappa shape index (κ1) is 22.9. The summed E-state index contributed by atoms with van der Waals surface area (Å²) >= 11 is 1.32. The number of amides is 1. The summed E-state index contributed by atoms with van der Waals surface area (Å²) in [7, 11) is 0. The predicted molar refractivity (Wildman–Crippen MR) is 112 cm³/mol. The summed E-state index contributed by atoms with van der Waals surface area (Å²) in [6.07, 6.45) is -2.09. The van der Waals surface area contributed by atoms with E-state index in [1.165, 1.54) is 28.7 Å². The van der Waals surface area contributed by atoms with Gasteiger partial charge in [0.25, 0.3) is 0 Å². The number of rotatable bonds is 7. The van der Waals surface area contributed by atoms with Gasteiger partial charge in [-0.15, -0.1) is 10.2 Å². The summed E-state index contributed by atoms with van der Waals surface area (Å²) in [5.74, 6) is 1.19. The van der Waals surface area contributed by atoms with E-state index in [0.29, 0.717) is 35.3 Å². The largest absolute Gasteiger partial charge is 0.461 e. The van der Waals surface area contributed by atoms with Crippen LogP contribution in [0.3, 0.4) is 0 Å². The Morgan fingerprint density at radius 2 is 1.94 bits per heavy atom. The molecule has 0 aliphatic heterocycles. The SMILES string of the molecule is CC(C)(C)NC(=O)CCCSc1nnc(-c2ccco2)n1-c1cccc(C(F)(F)F)c1. The van der Waals surface area contributed by atoms with Gasteiger partial charge in [-0.1, -0.05) is 17.8 Å². The van der Waals surface area contributed by atoms with E-state index < -0.39 is 11.7 Å². The number of aromatic nitrogens is 3. The standard InChI is InChI=1S/C21H23F3N4O2S/c1-20(2,3)25-17(29)10-6-12-31-19-27-26-18(16-9-5-11-30-16)28(19)15-8-4-7-14(13-15)21(22,23)24/h4-5,7-9,11,13H,6,10,12H2,1-3H3,(H,25,29). The molecule has 0 saturated heterocycles. The van der Waals surface area contributed by atoms with Crippen LogP contribution in [0.5, 0.6) is 0 Å². The van der Waals surface area contributed by atoms with Gasteiger partial charge in [-0.3, -0.25) is 9.36 Å². The molecule has 0 unspecified atom stereocenters. The zero-order valence-corrected chi connectivity index (χ0v) is 18.2. The molecule has 0 aliphatic rings. The van der Waals surface area contributed by atoms with Gasteiger partial charge in [0.1, 0.15) is 0 Å². The van der Waals surface area contributed by atoms with E-state index in [0.717, 1.165) is 12.1 Å². The third-order valence-corrected chi connectivity index (χ3v) is 5.12. The van der Waals surface area contributed by atoms with Crippen LogP contribution >= 0.6 is 11.8 Å². The lowest BCUT2D eigenvalue weighted by atomic mass is 10.1. The van der Waals surface area contributed by atoms with E-state index in [9.17, 15) is 18.0 Å². The van der Waals surface area contributed by atoms with Crippen LogP contribution in [-0.4, -0.2) is 32.0 Å². The summed E-state index contributed by atoms with van der Waals surface area (Å²) in [6, 6.07) is 8.31. The van der Waals surface area contributed by atoms with Crippen LogP contribution in [0.15, 0.2) is 52.2 Å². The predicted octanol–water partition coefficient (Wildman–Crippen LogP) is 5.33. The minimum absolute atomic E-state index is 0.0521. The van der Waals surface area contributed by atoms with Gasteiger partial charge in [-0.05, 0) is 57.5 Å². The molecule has 0 saturated carbocycles. The average Bonchev–Trinajstić information content (AvgIpc) is 3.32. The van der Waals surface area contributed by atoms with Gasteiger partial charge < -0.3 is 9.73 Å². The van der Waals surface area contributed by atoms with Gasteiger partial charge in [0, 0.05) is 17.7 Å². The molecular weight excluding hydrogens is 429 g/mol. The number of thioether (sulfide) groups is 1. The molecule has 3 rings (SSSR count). The number of hydrogen-bond donors (Lipinski definition) is 1. The number of carbonyl (C=O) groups is 1. The summed E-state index contributed by atoms with van der Waals surface area (Å²) in [6.45, 7) is 5.73. The Kier molecular flexibility index (Phi) is 6.78. The van der Waals surface area contributed by atoms with E-state index in [2.05, 4.69) is 15.5 Å². The third-order valence-electron chi connectivity index (χ3n) is 4.10. The smallest absolute Gasteiger partial charge is 0.416 e. The van der Waals surface area contributed by atoms with Gasteiger partial charge in [0.15, 0.2) is 10.9 Å². The minimum atomic E-state index is -4.47. The first-order valence-electron chi connectivity index (χ1n) is 9.65. The van der Waals surface area contributed by atoms with Crippen LogP contribution in [0.25, 0.3) is 17.3 Å².